The van der Waals surface area contributed by atoms with Gasteiger partial charge < -0.3 is 15.3 Å². The van der Waals surface area contributed by atoms with Gasteiger partial charge in [0.15, 0.2) is 0 Å². The molecule has 0 bridgehead atoms. The quantitative estimate of drug-likeness (QED) is 0.783. The number of carbonyl (C=O) groups is 2. The van der Waals surface area contributed by atoms with E-state index in [9.17, 15) is 14.7 Å². The van der Waals surface area contributed by atoms with Crippen molar-refractivity contribution in [2.45, 2.75) is 84.0 Å². The number of carboxylic acid groups (broad SMARTS) is 1. The number of carbonyl (C=O) groups excluding carboxylic acids is 1. The van der Waals surface area contributed by atoms with Gasteiger partial charge in [0, 0.05) is 12.1 Å². The fourth-order valence-electron chi connectivity index (χ4n) is 2.98. The molecule has 0 aromatic rings. The highest BCUT2D eigenvalue weighted by molar-refractivity contribution is 5.87. The Morgan fingerprint density at radius 3 is 2.55 bits per heavy atom. The first kappa shape index (κ1) is 17.0. The molecule has 1 saturated heterocycles. The lowest BCUT2D eigenvalue weighted by atomic mass is 10.0. The molecule has 116 valence electrons. The maximum atomic E-state index is 12.7. The molecule has 3 atom stereocenters. The summed E-state index contributed by atoms with van der Waals surface area (Å²) in [5.74, 6) is -0.978. The Kier molecular flexibility index (Phi) is 6.46. The van der Waals surface area contributed by atoms with Crippen LogP contribution in [0, 0.1) is 0 Å². The van der Waals surface area contributed by atoms with Crippen LogP contribution >= 0.6 is 0 Å². The number of hydrogen-bond donors (Lipinski definition) is 2. The van der Waals surface area contributed by atoms with E-state index in [0.717, 1.165) is 32.1 Å². The van der Waals surface area contributed by atoms with Gasteiger partial charge in [0.25, 0.3) is 0 Å². The minimum Gasteiger partial charge on any atom is -0.480 e. The second kappa shape index (κ2) is 7.62. The predicted octanol–water partition coefficient (Wildman–Crippen LogP) is 2.01. The van der Waals surface area contributed by atoms with Crippen molar-refractivity contribution in [1.29, 1.82) is 0 Å². The molecule has 0 spiro atoms. The Balaban J connectivity index is 2.97. The summed E-state index contributed by atoms with van der Waals surface area (Å²) in [5.41, 5.74) is 0. The average Bonchev–Trinajstić information content (AvgIpc) is 2.49. The third-order valence-electron chi connectivity index (χ3n) is 3.91. The van der Waals surface area contributed by atoms with Crippen LogP contribution in [0.2, 0.25) is 0 Å². The smallest absolute Gasteiger partial charge is 0.326 e. The summed E-state index contributed by atoms with van der Waals surface area (Å²) in [4.78, 5) is 25.6. The fourth-order valence-corrected chi connectivity index (χ4v) is 2.98. The van der Waals surface area contributed by atoms with E-state index in [0.29, 0.717) is 0 Å². The van der Waals surface area contributed by atoms with Gasteiger partial charge in [-0.05, 0) is 32.6 Å². The lowest BCUT2D eigenvalue weighted by molar-refractivity contribution is -0.152. The second-order valence-electron chi connectivity index (χ2n) is 6.01. The number of likely N-dealkylation sites (tertiary alicyclic amines) is 1. The van der Waals surface area contributed by atoms with Crippen molar-refractivity contribution < 1.29 is 14.7 Å². The van der Waals surface area contributed by atoms with E-state index in [1.807, 2.05) is 13.8 Å². The minimum atomic E-state index is -0.926. The monoisotopic (exact) mass is 284 g/mol. The highest BCUT2D eigenvalue weighted by atomic mass is 16.4. The van der Waals surface area contributed by atoms with Crippen molar-refractivity contribution in [3.05, 3.63) is 0 Å². The van der Waals surface area contributed by atoms with Crippen LogP contribution < -0.4 is 5.32 Å². The van der Waals surface area contributed by atoms with Crippen molar-refractivity contribution in [3.8, 4) is 0 Å². The maximum Gasteiger partial charge on any atom is 0.326 e. The molecule has 1 rings (SSSR count). The number of aliphatic carboxylic acids is 1. The van der Waals surface area contributed by atoms with Gasteiger partial charge in [-0.1, -0.05) is 27.2 Å². The van der Waals surface area contributed by atoms with E-state index in [2.05, 4.69) is 12.2 Å². The van der Waals surface area contributed by atoms with Gasteiger partial charge >= 0.3 is 5.97 Å². The van der Waals surface area contributed by atoms with Gasteiger partial charge in [-0.3, -0.25) is 4.79 Å². The summed E-state index contributed by atoms with van der Waals surface area (Å²) in [6.07, 6.45) is 4.48. The molecule has 1 fully saturated rings. The summed E-state index contributed by atoms with van der Waals surface area (Å²) in [5, 5.41) is 12.6. The molecular weight excluding hydrogens is 256 g/mol. The largest absolute Gasteiger partial charge is 0.480 e. The number of amides is 1. The van der Waals surface area contributed by atoms with Crippen molar-refractivity contribution >= 4 is 11.9 Å². The number of nitrogens with one attached hydrogen (secondary N) is 1. The molecule has 1 amide bonds. The van der Waals surface area contributed by atoms with E-state index in [1.54, 1.807) is 11.8 Å². The van der Waals surface area contributed by atoms with Crippen LogP contribution in [-0.2, 0) is 9.59 Å². The number of carboxylic acids is 1. The number of nitrogens with zero attached hydrogens (tertiary/aromatic N) is 1. The standard InChI is InChI=1S/C15H28N2O3/c1-5-7-12-8-6-9-13(16-10(2)3)14(18)17(12)11(4)15(19)20/h10-13,16H,5-9H2,1-4H3,(H,19,20)/t11-,12-,13-/m0/s1. The normalized spacial score (nSPS) is 25.6. The second-order valence-corrected chi connectivity index (χ2v) is 6.01. The molecule has 0 radical (unpaired) electrons. The van der Waals surface area contributed by atoms with Crippen LogP contribution in [0.1, 0.15) is 59.8 Å². The molecule has 1 aliphatic rings. The van der Waals surface area contributed by atoms with Crippen LogP contribution in [0.4, 0.5) is 0 Å². The first-order valence-electron chi connectivity index (χ1n) is 7.69. The molecule has 5 heteroatoms. The number of hydrogen-bond acceptors (Lipinski definition) is 3. The highest BCUT2D eigenvalue weighted by Gasteiger charge is 2.37. The molecule has 20 heavy (non-hydrogen) atoms. The Morgan fingerprint density at radius 2 is 2.05 bits per heavy atom. The van der Waals surface area contributed by atoms with Gasteiger partial charge in [0.05, 0.1) is 6.04 Å². The fraction of sp³-hybridized carbons (Fsp3) is 0.867. The van der Waals surface area contributed by atoms with E-state index >= 15 is 0 Å². The van der Waals surface area contributed by atoms with Gasteiger partial charge in [0.1, 0.15) is 6.04 Å². The molecule has 0 saturated carbocycles. The van der Waals surface area contributed by atoms with Crippen LogP contribution in [0.15, 0.2) is 0 Å². The minimum absolute atomic E-state index is 0.0513. The summed E-state index contributed by atoms with van der Waals surface area (Å²) in [7, 11) is 0. The third kappa shape index (κ3) is 4.20. The van der Waals surface area contributed by atoms with Crippen molar-refractivity contribution in [2.24, 2.45) is 0 Å². The average molecular weight is 284 g/mol. The Bertz CT molecular complexity index is 344. The van der Waals surface area contributed by atoms with Crippen molar-refractivity contribution in [2.75, 3.05) is 0 Å². The van der Waals surface area contributed by atoms with Crippen LogP contribution in [0.5, 0.6) is 0 Å². The van der Waals surface area contributed by atoms with E-state index in [-0.39, 0.29) is 24.0 Å². The van der Waals surface area contributed by atoms with Gasteiger partial charge in [-0.15, -0.1) is 0 Å². The zero-order valence-corrected chi connectivity index (χ0v) is 13.1. The third-order valence-corrected chi connectivity index (χ3v) is 3.91. The van der Waals surface area contributed by atoms with Gasteiger partial charge in [0.2, 0.25) is 5.91 Å². The topological polar surface area (TPSA) is 69.6 Å². The first-order chi connectivity index (χ1) is 9.38. The van der Waals surface area contributed by atoms with Crippen LogP contribution in [0.25, 0.3) is 0 Å². The molecular formula is C15H28N2O3. The Morgan fingerprint density at radius 1 is 1.40 bits per heavy atom. The van der Waals surface area contributed by atoms with E-state index < -0.39 is 12.0 Å². The van der Waals surface area contributed by atoms with E-state index in [4.69, 9.17) is 0 Å². The lowest BCUT2D eigenvalue weighted by Gasteiger charge is -2.35. The molecule has 0 aliphatic carbocycles. The highest BCUT2D eigenvalue weighted by Crippen LogP contribution is 2.24. The zero-order valence-electron chi connectivity index (χ0n) is 13.1. The summed E-state index contributed by atoms with van der Waals surface area (Å²) in [6.45, 7) is 7.70. The Labute approximate surface area is 121 Å². The van der Waals surface area contributed by atoms with Gasteiger partial charge in [-0.25, -0.2) is 4.79 Å². The summed E-state index contributed by atoms with van der Waals surface area (Å²) < 4.78 is 0. The SMILES string of the molecule is CCC[C@H]1CCC[C@H](NC(C)C)C(=O)N1[C@@H](C)C(=O)O. The molecule has 0 aromatic carbocycles. The maximum absolute atomic E-state index is 12.7. The number of rotatable bonds is 6. The predicted molar refractivity (Wildman–Crippen MR) is 78.6 cm³/mol. The van der Waals surface area contributed by atoms with Gasteiger partial charge in [-0.2, -0.15) is 0 Å². The summed E-state index contributed by atoms with van der Waals surface area (Å²) >= 11 is 0. The zero-order chi connectivity index (χ0) is 15.3. The molecule has 1 heterocycles. The lowest BCUT2D eigenvalue weighted by Crippen LogP contribution is -2.55. The molecule has 0 unspecified atom stereocenters. The summed E-state index contributed by atoms with van der Waals surface area (Å²) in [6, 6.07) is -0.738. The van der Waals surface area contributed by atoms with E-state index in [1.165, 1.54) is 0 Å². The van der Waals surface area contributed by atoms with Crippen LogP contribution in [0.3, 0.4) is 0 Å². The Hall–Kier alpha value is -1.10. The van der Waals surface area contributed by atoms with Crippen LogP contribution in [-0.4, -0.2) is 46.1 Å². The molecule has 1 aliphatic heterocycles. The molecule has 0 aromatic heterocycles. The molecule has 2 N–H and O–H groups in total. The van der Waals surface area contributed by atoms with Crippen molar-refractivity contribution in [3.63, 3.8) is 0 Å². The first-order valence-corrected chi connectivity index (χ1v) is 7.69. The van der Waals surface area contributed by atoms with Crippen molar-refractivity contribution in [1.82, 2.24) is 10.2 Å². The molecule has 5 nitrogen and oxygen atoms in total.